The molecule has 2 saturated heterocycles. The number of rotatable bonds is 4. The molecule has 8 nitrogen and oxygen atoms in total. The van der Waals surface area contributed by atoms with Gasteiger partial charge in [-0.1, -0.05) is 6.92 Å². The number of halogens is 2. The molecule has 1 spiro atoms. The molecule has 1 aliphatic carbocycles. The van der Waals surface area contributed by atoms with Crippen LogP contribution in [0.25, 0.3) is 0 Å². The van der Waals surface area contributed by atoms with E-state index in [4.69, 9.17) is 14.2 Å². The molecule has 10 heteroatoms. The number of methoxy groups -OCH3 is 2. The molecule has 3 heterocycles. The average molecular weight is 616 g/mol. The molecule has 192 valence electrons. The minimum Gasteiger partial charge on any atom is -0.494 e. The number of esters is 2. The van der Waals surface area contributed by atoms with Gasteiger partial charge in [-0.25, -0.2) is 4.79 Å². The van der Waals surface area contributed by atoms with Crippen molar-refractivity contribution in [2.75, 3.05) is 39.3 Å². The third-order valence-corrected chi connectivity index (χ3v) is 10.5. The van der Waals surface area contributed by atoms with Crippen molar-refractivity contribution in [1.29, 1.82) is 0 Å². The molecule has 5 rings (SSSR count). The number of likely N-dealkylation sites (N-methyl/N-ethyl adjacent to an activating group) is 1. The van der Waals surface area contributed by atoms with E-state index < -0.39 is 40.5 Å². The zero-order chi connectivity index (χ0) is 25.5. The summed E-state index contributed by atoms with van der Waals surface area (Å²) >= 11 is 7.44. The first-order valence-electron chi connectivity index (χ1n) is 12.1. The molecule has 6 atom stereocenters. The highest BCUT2D eigenvalue weighted by Gasteiger charge is 2.80. The number of ether oxygens (including phenoxy) is 3. The number of piperidine rings is 1. The predicted molar refractivity (Wildman–Crippen MR) is 137 cm³/mol. The largest absolute Gasteiger partial charge is 0.494 e. The van der Waals surface area contributed by atoms with Crippen LogP contribution in [0.1, 0.15) is 45.1 Å². The van der Waals surface area contributed by atoms with Crippen LogP contribution in [0.4, 0.5) is 5.69 Å². The SMILES string of the molecule is CC[C@]12CCCN3CC[C@@]4(c5cc(Br)c(OC)c(Br)c5N(C)[C@H]4[C@@](O)(C(=O)OC)[C@@H]1OC(C)=O)[C@@H]32. The second kappa shape index (κ2) is 8.33. The normalized spacial score (nSPS) is 37.4. The van der Waals surface area contributed by atoms with Crippen LogP contribution in [0.15, 0.2) is 15.0 Å². The van der Waals surface area contributed by atoms with Crippen LogP contribution < -0.4 is 9.64 Å². The van der Waals surface area contributed by atoms with Crippen LogP contribution in [-0.2, 0) is 24.5 Å². The van der Waals surface area contributed by atoms with E-state index in [2.05, 4.69) is 49.7 Å². The average Bonchev–Trinajstić information content (AvgIpc) is 3.33. The molecule has 0 bridgehead atoms. The van der Waals surface area contributed by atoms with Crippen molar-refractivity contribution in [3.8, 4) is 5.75 Å². The Balaban J connectivity index is 1.89. The molecule has 3 fully saturated rings. The van der Waals surface area contributed by atoms with Crippen molar-refractivity contribution in [3.63, 3.8) is 0 Å². The summed E-state index contributed by atoms with van der Waals surface area (Å²) in [6.45, 7) is 5.18. The van der Waals surface area contributed by atoms with E-state index in [1.54, 1.807) is 7.11 Å². The highest BCUT2D eigenvalue weighted by atomic mass is 79.9. The maximum atomic E-state index is 13.6. The number of fused-ring (bicyclic) bond motifs is 1. The molecule has 0 radical (unpaired) electrons. The molecule has 3 aliphatic heterocycles. The third kappa shape index (κ3) is 2.91. The molecule has 0 aromatic heterocycles. The Hall–Kier alpha value is -1.36. The molecular formula is C25H32Br2N2O6. The summed E-state index contributed by atoms with van der Waals surface area (Å²) in [5.74, 6) is -0.647. The maximum Gasteiger partial charge on any atom is 0.344 e. The van der Waals surface area contributed by atoms with E-state index >= 15 is 0 Å². The van der Waals surface area contributed by atoms with E-state index in [1.807, 2.05) is 11.9 Å². The topological polar surface area (TPSA) is 88.5 Å². The van der Waals surface area contributed by atoms with Crippen LogP contribution in [0.2, 0.25) is 0 Å². The molecule has 4 aliphatic rings. The first-order chi connectivity index (χ1) is 16.6. The minimum atomic E-state index is -2.08. The van der Waals surface area contributed by atoms with Gasteiger partial charge in [-0.05, 0) is 82.3 Å². The van der Waals surface area contributed by atoms with Crippen LogP contribution in [-0.4, -0.2) is 80.1 Å². The standard InChI is InChI=1S/C25H32Br2N2O6/c1-6-23-8-7-10-29-11-9-24(19(23)29)14-12-15(26)18(33-4)16(27)17(14)28(3)20(24)25(32,22(31)34-5)21(23)35-13(2)30/h12,19-21,32H,6-11H2,1-5H3/t19-,20+,21+,23+,24+,25-/m0/s1. The highest BCUT2D eigenvalue weighted by molar-refractivity contribution is 9.11. The number of carbonyl (C=O) groups excluding carboxylic acids is 2. The van der Waals surface area contributed by atoms with Gasteiger partial charge < -0.3 is 24.2 Å². The van der Waals surface area contributed by atoms with Gasteiger partial charge in [0, 0.05) is 30.8 Å². The van der Waals surface area contributed by atoms with E-state index in [0.29, 0.717) is 12.2 Å². The number of carbonyl (C=O) groups is 2. The van der Waals surface area contributed by atoms with E-state index in [-0.39, 0.29) is 6.04 Å². The Morgan fingerprint density at radius 3 is 2.51 bits per heavy atom. The molecule has 1 aromatic carbocycles. The van der Waals surface area contributed by atoms with E-state index in [9.17, 15) is 14.7 Å². The van der Waals surface area contributed by atoms with Crippen molar-refractivity contribution >= 4 is 49.5 Å². The Labute approximate surface area is 222 Å². The van der Waals surface area contributed by atoms with Crippen molar-refractivity contribution in [2.24, 2.45) is 5.41 Å². The van der Waals surface area contributed by atoms with Crippen LogP contribution in [0, 0.1) is 5.41 Å². The fraction of sp³-hybridized carbons (Fsp3) is 0.680. The molecule has 0 unspecified atom stereocenters. The number of nitrogens with zero attached hydrogens (tertiary/aromatic N) is 2. The molecule has 1 aromatic rings. The van der Waals surface area contributed by atoms with Crippen LogP contribution in [0.5, 0.6) is 5.75 Å². The van der Waals surface area contributed by atoms with Gasteiger partial charge in [0.2, 0.25) is 5.60 Å². The smallest absolute Gasteiger partial charge is 0.344 e. The highest BCUT2D eigenvalue weighted by Crippen LogP contribution is 2.69. The fourth-order valence-corrected chi connectivity index (χ4v) is 10.0. The second-order valence-electron chi connectivity index (χ2n) is 10.3. The van der Waals surface area contributed by atoms with E-state index in [0.717, 1.165) is 52.5 Å². The molecule has 0 amide bonds. The van der Waals surface area contributed by atoms with Crippen LogP contribution in [0.3, 0.4) is 0 Å². The van der Waals surface area contributed by atoms with Crippen molar-refractivity contribution in [2.45, 2.75) is 68.7 Å². The van der Waals surface area contributed by atoms with Gasteiger partial charge in [0.15, 0.2) is 6.10 Å². The predicted octanol–water partition coefficient (Wildman–Crippen LogP) is 3.39. The Bertz CT molecular complexity index is 1100. The summed E-state index contributed by atoms with van der Waals surface area (Å²) in [6, 6.07) is 1.35. The monoisotopic (exact) mass is 614 g/mol. The lowest BCUT2D eigenvalue weighted by atomic mass is 9.46. The number of hydrogen-bond donors (Lipinski definition) is 1. The van der Waals surface area contributed by atoms with Gasteiger partial charge in [-0.3, -0.25) is 9.69 Å². The molecule has 1 N–H and O–H groups in total. The lowest BCUT2D eigenvalue weighted by Gasteiger charge is -2.65. The molecular weight excluding hydrogens is 584 g/mol. The quantitative estimate of drug-likeness (QED) is 0.516. The van der Waals surface area contributed by atoms with Gasteiger partial charge in [-0.2, -0.15) is 0 Å². The minimum absolute atomic E-state index is 0.0241. The second-order valence-corrected chi connectivity index (χ2v) is 12.0. The number of aliphatic hydroxyl groups is 1. The lowest BCUT2D eigenvalue weighted by molar-refractivity contribution is -0.242. The molecule has 1 saturated carbocycles. The summed E-state index contributed by atoms with van der Waals surface area (Å²) in [7, 11) is 4.78. The third-order valence-electron chi connectivity index (χ3n) is 9.17. The maximum absolute atomic E-state index is 13.6. The summed E-state index contributed by atoms with van der Waals surface area (Å²) < 4.78 is 18.5. The number of anilines is 1. The zero-order valence-corrected chi connectivity index (χ0v) is 23.9. The zero-order valence-electron chi connectivity index (χ0n) is 20.7. The van der Waals surface area contributed by atoms with Crippen molar-refractivity contribution < 1.29 is 28.9 Å². The van der Waals surface area contributed by atoms with Gasteiger partial charge in [0.1, 0.15) is 5.75 Å². The fourth-order valence-electron chi connectivity index (χ4n) is 8.31. The summed E-state index contributed by atoms with van der Waals surface area (Å²) in [6.07, 6.45) is 2.01. The van der Waals surface area contributed by atoms with Crippen molar-refractivity contribution in [3.05, 3.63) is 20.6 Å². The van der Waals surface area contributed by atoms with Gasteiger partial charge in [0.05, 0.1) is 34.9 Å². The Morgan fingerprint density at radius 1 is 1.20 bits per heavy atom. The summed E-state index contributed by atoms with van der Waals surface area (Å²) in [5, 5.41) is 12.6. The number of benzene rings is 1. The first-order valence-corrected chi connectivity index (χ1v) is 13.7. The Morgan fingerprint density at radius 2 is 1.91 bits per heavy atom. The van der Waals surface area contributed by atoms with Gasteiger partial charge in [-0.15, -0.1) is 0 Å². The van der Waals surface area contributed by atoms with Gasteiger partial charge >= 0.3 is 11.9 Å². The lowest BCUT2D eigenvalue weighted by Crippen LogP contribution is -2.82. The first kappa shape index (κ1) is 25.3. The van der Waals surface area contributed by atoms with Gasteiger partial charge in [0.25, 0.3) is 0 Å². The Kier molecular flexibility index (Phi) is 6.02. The molecule has 35 heavy (non-hydrogen) atoms. The van der Waals surface area contributed by atoms with E-state index in [1.165, 1.54) is 14.0 Å². The summed E-state index contributed by atoms with van der Waals surface area (Å²) in [4.78, 5) is 30.6. The van der Waals surface area contributed by atoms with Crippen LogP contribution >= 0.6 is 31.9 Å². The van der Waals surface area contributed by atoms with Crippen molar-refractivity contribution in [1.82, 2.24) is 4.90 Å². The summed E-state index contributed by atoms with van der Waals surface area (Å²) in [5.41, 5.74) is -1.36. The number of hydrogen-bond acceptors (Lipinski definition) is 8.